The molecule has 0 spiro atoms. The lowest BCUT2D eigenvalue weighted by Gasteiger charge is -2.33. The predicted molar refractivity (Wildman–Crippen MR) is 52.2 cm³/mol. The zero-order chi connectivity index (χ0) is 9.90. The summed E-state index contributed by atoms with van der Waals surface area (Å²) in [6.07, 6.45) is 3.29. The summed E-state index contributed by atoms with van der Waals surface area (Å²) in [5, 5.41) is 9.25. The van der Waals surface area contributed by atoms with Crippen molar-refractivity contribution < 1.29 is 4.79 Å². The monoisotopic (exact) mass is 183 g/mol. The second-order valence-corrected chi connectivity index (χ2v) is 3.20. The van der Waals surface area contributed by atoms with Crippen LogP contribution in [0.5, 0.6) is 0 Å². The molecule has 0 saturated heterocycles. The van der Waals surface area contributed by atoms with E-state index in [4.69, 9.17) is 0 Å². The van der Waals surface area contributed by atoms with Crippen LogP contribution < -0.4 is 16.0 Å². The highest BCUT2D eigenvalue weighted by Crippen LogP contribution is 2.19. The molecule has 0 radical (unpaired) electrons. The average molecular weight is 183 g/mol. The van der Waals surface area contributed by atoms with Crippen molar-refractivity contribution in [2.24, 2.45) is 0 Å². The first-order chi connectivity index (χ1) is 6.17. The van der Waals surface area contributed by atoms with Gasteiger partial charge in [-0.1, -0.05) is 0 Å². The summed E-state index contributed by atoms with van der Waals surface area (Å²) in [4.78, 5) is 11.4. The van der Waals surface area contributed by atoms with Crippen molar-refractivity contribution in [3.63, 3.8) is 0 Å². The number of hydrogen-bond donors (Lipinski definition) is 3. The smallest absolute Gasteiger partial charge is 0.178 e. The van der Waals surface area contributed by atoms with E-state index in [0.29, 0.717) is 12.1 Å². The molecule has 4 nitrogen and oxygen atoms in total. The second-order valence-electron chi connectivity index (χ2n) is 3.20. The van der Waals surface area contributed by atoms with Crippen LogP contribution in [0.4, 0.5) is 0 Å². The summed E-state index contributed by atoms with van der Waals surface area (Å²) in [6, 6.07) is 0. The molecular weight excluding hydrogens is 166 g/mol. The Kier molecular flexibility index (Phi) is 3.06. The van der Waals surface area contributed by atoms with Gasteiger partial charge in [-0.3, -0.25) is 15.4 Å². The fourth-order valence-corrected chi connectivity index (χ4v) is 1.58. The Morgan fingerprint density at radius 1 is 1.31 bits per heavy atom. The predicted octanol–water partition coefficient (Wildman–Crippen LogP) is -0.412. The molecule has 0 bridgehead atoms. The average Bonchev–Trinajstić information content (AvgIpc) is 2.19. The van der Waals surface area contributed by atoms with E-state index in [1.165, 1.54) is 0 Å². The van der Waals surface area contributed by atoms with Gasteiger partial charge in [-0.15, -0.1) is 0 Å². The minimum atomic E-state index is -0.230. The molecule has 1 aliphatic rings. The quantitative estimate of drug-likeness (QED) is 0.521. The van der Waals surface area contributed by atoms with Crippen molar-refractivity contribution in [1.29, 1.82) is 0 Å². The molecule has 13 heavy (non-hydrogen) atoms. The molecule has 0 aliphatic heterocycles. The maximum Gasteiger partial charge on any atom is 0.178 e. The molecule has 0 amide bonds. The van der Waals surface area contributed by atoms with Crippen LogP contribution in [0.1, 0.15) is 12.8 Å². The van der Waals surface area contributed by atoms with Gasteiger partial charge in [0.05, 0.1) is 11.4 Å². The van der Waals surface area contributed by atoms with E-state index in [2.05, 4.69) is 16.0 Å². The number of Topliss-reactive ketones (excluding diaryl/α,β-unsaturated/α-hetero) is 1. The summed E-state index contributed by atoms with van der Waals surface area (Å²) < 4.78 is 0. The molecule has 74 valence electrons. The van der Waals surface area contributed by atoms with Gasteiger partial charge in [-0.2, -0.15) is 0 Å². The van der Waals surface area contributed by atoms with Crippen LogP contribution in [-0.4, -0.2) is 32.6 Å². The Hall–Kier alpha value is -0.870. The first kappa shape index (κ1) is 10.2. The normalized spacial score (nSPS) is 21.2. The van der Waals surface area contributed by atoms with Crippen molar-refractivity contribution in [3.8, 4) is 0 Å². The zero-order valence-electron chi connectivity index (χ0n) is 8.40. The van der Waals surface area contributed by atoms with Crippen LogP contribution in [0.2, 0.25) is 0 Å². The molecule has 0 aromatic rings. The van der Waals surface area contributed by atoms with Gasteiger partial charge < -0.3 is 5.32 Å². The molecule has 4 heteroatoms. The number of rotatable bonds is 3. The number of likely N-dealkylation sites (N-methyl/N-ethyl adjacent to an activating group) is 3. The van der Waals surface area contributed by atoms with Crippen molar-refractivity contribution in [1.82, 2.24) is 16.0 Å². The molecule has 0 heterocycles. The number of nitrogens with one attached hydrogen (secondary N) is 3. The van der Waals surface area contributed by atoms with E-state index in [1.54, 1.807) is 7.05 Å². The number of carbonyl (C=O) groups excluding carboxylic acids is 1. The van der Waals surface area contributed by atoms with Crippen molar-refractivity contribution >= 4 is 5.78 Å². The number of hydrogen-bond acceptors (Lipinski definition) is 4. The topological polar surface area (TPSA) is 53.2 Å². The molecule has 1 rings (SSSR count). The van der Waals surface area contributed by atoms with E-state index in [-0.39, 0.29) is 11.4 Å². The summed E-state index contributed by atoms with van der Waals surface area (Å²) in [5.74, 6) is 0.184. The van der Waals surface area contributed by atoms with Crippen molar-refractivity contribution in [2.45, 2.75) is 18.5 Å². The van der Waals surface area contributed by atoms with Crippen molar-refractivity contribution in [3.05, 3.63) is 11.8 Å². The summed E-state index contributed by atoms with van der Waals surface area (Å²) >= 11 is 0. The molecule has 3 N–H and O–H groups in total. The Morgan fingerprint density at radius 3 is 2.38 bits per heavy atom. The van der Waals surface area contributed by atoms with E-state index in [9.17, 15) is 4.79 Å². The fraction of sp³-hybridized carbons (Fsp3) is 0.667. The third-order valence-corrected chi connectivity index (χ3v) is 2.60. The van der Waals surface area contributed by atoms with Gasteiger partial charge in [0.25, 0.3) is 0 Å². The Balaban J connectivity index is 2.91. The van der Waals surface area contributed by atoms with Gasteiger partial charge in [0.2, 0.25) is 0 Å². The SMILES string of the molecule is CNC1=CC(NC)(NC)CCC1=O. The van der Waals surface area contributed by atoms with Crippen molar-refractivity contribution in [2.75, 3.05) is 21.1 Å². The minimum Gasteiger partial charge on any atom is -0.385 e. The van der Waals surface area contributed by atoms with E-state index in [1.807, 2.05) is 20.2 Å². The van der Waals surface area contributed by atoms with Gasteiger partial charge >= 0.3 is 0 Å². The first-order valence-corrected chi connectivity index (χ1v) is 4.49. The molecule has 0 atom stereocenters. The maximum atomic E-state index is 11.4. The lowest BCUT2D eigenvalue weighted by Crippen LogP contribution is -2.55. The number of allylic oxidation sites excluding steroid dienone is 1. The third-order valence-electron chi connectivity index (χ3n) is 2.60. The van der Waals surface area contributed by atoms with E-state index in [0.717, 1.165) is 6.42 Å². The molecule has 0 aromatic heterocycles. The van der Waals surface area contributed by atoms with Crippen LogP contribution in [0.25, 0.3) is 0 Å². The standard InChI is InChI=1S/C9H17N3O/c1-10-7-6-9(11-2,12-3)5-4-8(7)13/h6,10-12H,4-5H2,1-3H3. The Morgan fingerprint density at radius 2 is 1.92 bits per heavy atom. The first-order valence-electron chi connectivity index (χ1n) is 4.49. The lowest BCUT2D eigenvalue weighted by atomic mass is 9.93. The van der Waals surface area contributed by atoms with Gasteiger partial charge in [0, 0.05) is 13.5 Å². The van der Waals surface area contributed by atoms with Gasteiger partial charge in [-0.05, 0) is 26.6 Å². The summed E-state index contributed by atoms with van der Waals surface area (Å²) in [5.41, 5.74) is 0.460. The van der Waals surface area contributed by atoms with Gasteiger partial charge in [0.15, 0.2) is 5.78 Å². The molecule has 0 saturated carbocycles. The molecule has 0 aromatic carbocycles. The maximum absolute atomic E-state index is 11.4. The lowest BCUT2D eigenvalue weighted by molar-refractivity contribution is -0.116. The van der Waals surface area contributed by atoms with Gasteiger partial charge in [-0.25, -0.2) is 0 Å². The highest BCUT2D eigenvalue weighted by Gasteiger charge is 2.30. The molecule has 0 unspecified atom stereocenters. The van der Waals surface area contributed by atoms with Gasteiger partial charge in [0.1, 0.15) is 0 Å². The molecule has 1 aliphatic carbocycles. The third kappa shape index (κ3) is 1.89. The van der Waals surface area contributed by atoms with Crippen LogP contribution in [0, 0.1) is 0 Å². The number of carbonyl (C=O) groups is 1. The fourth-order valence-electron chi connectivity index (χ4n) is 1.58. The highest BCUT2D eigenvalue weighted by molar-refractivity contribution is 5.95. The summed E-state index contributed by atoms with van der Waals surface area (Å²) in [7, 11) is 5.54. The highest BCUT2D eigenvalue weighted by atomic mass is 16.1. The number of ketones is 1. The summed E-state index contributed by atoms with van der Waals surface area (Å²) in [6.45, 7) is 0. The van der Waals surface area contributed by atoms with E-state index < -0.39 is 0 Å². The van der Waals surface area contributed by atoms with Crippen LogP contribution >= 0.6 is 0 Å². The Labute approximate surface area is 78.8 Å². The van der Waals surface area contributed by atoms with Crippen LogP contribution in [-0.2, 0) is 4.79 Å². The molecular formula is C9H17N3O. The second kappa shape index (κ2) is 3.89. The van der Waals surface area contributed by atoms with Crippen LogP contribution in [0.3, 0.4) is 0 Å². The van der Waals surface area contributed by atoms with E-state index >= 15 is 0 Å². The minimum absolute atomic E-state index is 0.184. The zero-order valence-corrected chi connectivity index (χ0v) is 8.40. The Bertz CT molecular complexity index is 231. The molecule has 0 fully saturated rings. The largest absolute Gasteiger partial charge is 0.385 e. The van der Waals surface area contributed by atoms with Crippen LogP contribution in [0.15, 0.2) is 11.8 Å².